The van der Waals surface area contributed by atoms with Crippen LogP contribution in [0.3, 0.4) is 0 Å². The SMILES string of the molecule is O=C(COC(=O)c1ccc(S(=O)(=O)N2CCOCC2)cc1)Nc1ccccc1Cl. The Morgan fingerprint density at radius 3 is 2.38 bits per heavy atom. The molecule has 0 aliphatic carbocycles. The first kappa shape index (κ1) is 21.3. The molecule has 0 unspecified atom stereocenters. The first-order chi connectivity index (χ1) is 13.9. The van der Waals surface area contributed by atoms with Crippen molar-refractivity contribution in [2.45, 2.75) is 4.90 Å². The van der Waals surface area contributed by atoms with Crippen molar-refractivity contribution >= 4 is 39.2 Å². The van der Waals surface area contributed by atoms with E-state index in [-0.39, 0.29) is 23.5 Å². The number of carbonyl (C=O) groups excluding carboxylic acids is 2. The molecule has 154 valence electrons. The van der Waals surface area contributed by atoms with Crippen LogP contribution in [0, 0.1) is 0 Å². The van der Waals surface area contributed by atoms with Gasteiger partial charge in [0.15, 0.2) is 6.61 Å². The zero-order valence-corrected chi connectivity index (χ0v) is 16.9. The summed E-state index contributed by atoms with van der Waals surface area (Å²) in [5.74, 6) is -1.28. The van der Waals surface area contributed by atoms with E-state index in [0.717, 1.165) is 0 Å². The van der Waals surface area contributed by atoms with E-state index in [1.807, 2.05) is 0 Å². The van der Waals surface area contributed by atoms with Crippen LogP contribution >= 0.6 is 11.6 Å². The number of nitrogens with one attached hydrogen (secondary N) is 1. The number of carbonyl (C=O) groups is 2. The molecule has 1 saturated heterocycles. The van der Waals surface area contributed by atoms with Crippen LogP contribution in [0.2, 0.25) is 5.02 Å². The Bertz CT molecular complexity index is 988. The Morgan fingerprint density at radius 1 is 1.07 bits per heavy atom. The van der Waals surface area contributed by atoms with Gasteiger partial charge < -0.3 is 14.8 Å². The molecule has 1 fully saturated rings. The average Bonchev–Trinajstić information content (AvgIpc) is 2.74. The largest absolute Gasteiger partial charge is 0.452 e. The third-order valence-electron chi connectivity index (χ3n) is 4.18. The van der Waals surface area contributed by atoms with Crippen molar-refractivity contribution in [3.8, 4) is 0 Å². The highest BCUT2D eigenvalue weighted by Gasteiger charge is 2.26. The number of esters is 1. The second-order valence-corrected chi connectivity index (χ2v) is 8.49. The third kappa shape index (κ3) is 5.33. The van der Waals surface area contributed by atoms with E-state index in [4.69, 9.17) is 21.1 Å². The highest BCUT2D eigenvalue weighted by Crippen LogP contribution is 2.20. The molecule has 1 N–H and O–H groups in total. The number of halogens is 1. The zero-order chi connectivity index (χ0) is 20.9. The molecule has 0 aromatic heterocycles. The maximum atomic E-state index is 12.6. The fourth-order valence-electron chi connectivity index (χ4n) is 2.66. The number of amides is 1. The molecule has 1 aliphatic heterocycles. The minimum atomic E-state index is -3.64. The number of ether oxygens (including phenoxy) is 2. The predicted octanol–water partition coefficient (Wildman–Crippen LogP) is 2.16. The number of rotatable bonds is 6. The number of para-hydroxylation sites is 1. The van der Waals surface area contributed by atoms with E-state index >= 15 is 0 Å². The van der Waals surface area contributed by atoms with Gasteiger partial charge in [0.25, 0.3) is 5.91 Å². The number of benzene rings is 2. The normalized spacial score (nSPS) is 14.9. The molecule has 0 spiro atoms. The molecule has 10 heteroatoms. The lowest BCUT2D eigenvalue weighted by Gasteiger charge is -2.26. The van der Waals surface area contributed by atoms with E-state index < -0.39 is 28.5 Å². The smallest absolute Gasteiger partial charge is 0.338 e. The predicted molar refractivity (Wildman–Crippen MR) is 106 cm³/mol. The van der Waals surface area contributed by atoms with Gasteiger partial charge in [-0.2, -0.15) is 4.31 Å². The Morgan fingerprint density at radius 2 is 1.72 bits per heavy atom. The summed E-state index contributed by atoms with van der Waals surface area (Å²) >= 11 is 5.95. The van der Waals surface area contributed by atoms with Crippen molar-refractivity contribution in [3.05, 3.63) is 59.1 Å². The van der Waals surface area contributed by atoms with Gasteiger partial charge in [-0.1, -0.05) is 23.7 Å². The van der Waals surface area contributed by atoms with Gasteiger partial charge in [-0.25, -0.2) is 13.2 Å². The maximum absolute atomic E-state index is 12.6. The van der Waals surface area contributed by atoms with Gasteiger partial charge in [0.1, 0.15) is 0 Å². The quantitative estimate of drug-likeness (QED) is 0.693. The van der Waals surface area contributed by atoms with E-state index in [2.05, 4.69) is 5.32 Å². The molecule has 1 aliphatic rings. The summed E-state index contributed by atoms with van der Waals surface area (Å²) in [4.78, 5) is 24.1. The van der Waals surface area contributed by atoms with E-state index in [9.17, 15) is 18.0 Å². The molecule has 0 saturated carbocycles. The second-order valence-electron chi connectivity index (χ2n) is 6.14. The summed E-state index contributed by atoms with van der Waals surface area (Å²) in [6, 6.07) is 12.0. The second kappa shape index (κ2) is 9.36. The molecule has 29 heavy (non-hydrogen) atoms. The molecule has 0 radical (unpaired) electrons. The number of nitrogens with zero attached hydrogens (tertiary/aromatic N) is 1. The van der Waals surface area contributed by atoms with E-state index in [1.54, 1.807) is 24.3 Å². The van der Waals surface area contributed by atoms with Crippen LogP contribution < -0.4 is 5.32 Å². The van der Waals surface area contributed by atoms with Gasteiger partial charge >= 0.3 is 5.97 Å². The minimum Gasteiger partial charge on any atom is -0.452 e. The lowest BCUT2D eigenvalue weighted by Crippen LogP contribution is -2.40. The highest BCUT2D eigenvalue weighted by molar-refractivity contribution is 7.89. The first-order valence-electron chi connectivity index (χ1n) is 8.77. The summed E-state index contributed by atoms with van der Waals surface area (Å²) in [6.45, 7) is 0.761. The summed E-state index contributed by atoms with van der Waals surface area (Å²) < 4.78 is 36.6. The average molecular weight is 439 g/mol. The van der Waals surface area contributed by atoms with Gasteiger partial charge in [0.05, 0.1) is 34.4 Å². The summed E-state index contributed by atoms with van der Waals surface area (Å²) in [5.41, 5.74) is 0.546. The summed E-state index contributed by atoms with van der Waals surface area (Å²) in [5, 5.41) is 2.90. The highest BCUT2D eigenvalue weighted by atomic mass is 35.5. The van der Waals surface area contributed by atoms with E-state index in [0.29, 0.717) is 23.9 Å². The molecular formula is C19H19ClN2O6S. The van der Waals surface area contributed by atoms with Gasteiger partial charge in [0.2, 0.25) is 10.0 Å². The standard InChI is InChI=1S/C19H19ClN2O6S/c20-16-3-1-2-4-17(16)21-18(23)13-28-19(24)14-5-7-15(8-6-14)29(25,26)22-9-11-27-12-10-22/h1-8H,9-13H2,(H,21,23). The van der Waals surface area contributed by atoms with Gasteiger partial charge in [-0.15, -0.1) is 0 Å². The monoisotopic (exact) mass is 438 g/mol. The number of morpholine rings is 1. The van der Waals surface area contributed by atoms with Crippen LogP contribution in [0.5, 0.6) is 0 Å². The number of sulfonamides is 1. The van der Waals surface area contributed by atoms with Crippen molar-refractivity contribution < 1.29 is 27.5 Å². The zero-order valence-electron chi connectivity index (χ0n) is 15.3. The number of hydrogen-bond acceptors (Lipinski definition) is 6. The summed E-state index contributed by atoms with van der Waals surface area (Å²) in [7, 11) is -3.64. The summed E-state index contributed by atoms with van der Waals surface area (Å²) in [6.07, 6.45) is 0. The van der Waals surface area contributed by atoms with Crippen LogP contribution in [0.25, 0.3) is 0 Å². The Kier molecular flexibility index (Phi) is 6.86. The topological polar surface area (TPSA) is 102 Å². The fraction of sp³-hybridized carbons (Fsp3) is 0.263. The van der Waals surface area contributed by atoms with E-state index in [1.165, 1.54) is 28.6 Å². The molecule has 2 aromatic carbocycles. The molecule has 8 nitrogen and oxygen atoms in total. The van der Waals surface area contributed by atoms with Gasteiger partial charge in [0, 0.05) is 13.1 Å². The van der Waals surface area contributed by atoms with Crippen molar-refractivity contribution in [1.82, 2.24) is 4.31 Å². The van der Waals surface area contributed by atoms with Crippen molar-refractivity contribution in [3.63, 3.8) is 0 Å². The molecule has 1 amide bonds. The molecule has 0 atom stereocenters. The minimum absolute atomic E-state index is 0.0763. The molecule has 2 aromatic rings. The van der Waals surface area contributed by atoms with Crippen molar-refractivity contribution in [2.24, 2.45) is 0 Å². The maximum Gasteiger partial charge on any atom is 0.338 e. The van der Waals surface area contributed by atoms with Crippen LogP contribution in [0.1, 0.15) is 10.4 Å². The Hall–Kier alpha value is -2.46. The third-order valence-corrected chi connectivity index (χ3v) is 6.42. The molecule has 1 heterocycles. The van der Waals surface area contributed by atoms with Gasteiger partial charge in [-0.3, -0.25) is 4.79 Å². The first-order valence-corrected chi connectivity index (χ1v) is 10.6. The van der Waals surface area contributed by atoms with Crippen LogP contribution in [0.15, 0.2) is 53.4 Å². The van der Waals surface area contributed by atoms with Crippen LogP contribution in [0.4, 0.5) is 5.69 Å². The van der Waals surface area contributed by atoms with Crippen LogP contribution in [-0.2, 0) is 24.3 Å². The Balaban J connectivity index is 1.57. The van der Waals surface area contributed by atoms with Crippen molar-refractivity contribution in [1.29, 1.82) is 0 Å². The Labute approximate surface area is 173 Å². The van der Waals surface area contributed by atoms with Gasteiger partial charge in [-0.05, 0) is 36.4 Å². The molecular weight excluding hydrogens is 420 g/mol. The van der Waals surface area contributed by atoms with Crippen LogP contribution in [-0.4, -0.2) is 57.5 Å². The lowest BCUT2D eigenvalue weighted by molar-refractivity contribution is -0.119. The number of hydrogen-bond donors (Lipinski definition) is 1. The number of anilines is 1. The molecule has 0 bridgehead atoms. The molecule has 3 rings (SSSR count). The fourth-order valence-corrected chi connectivity index (χ4v) is 4.25. The lowest BCUT2D eigenvalue weighted by atomic mass is 10.2. The van der Waals surface area contributed by atoms with Crippen molar-refractivity contribution in [2.75, 3.05) is 38.2 Å².